The summed E-state index contributed by atoms with van der Waals surface area (Å²) in [6, 6.07) is 10.2. The van der Waals surface area contributed by atoms with Crippen LogP contribution in [-0.4, -0.2) is 37.8 Å². The van der Waals surface area contributed by atoms with Gasteiger partial charge in [0, 0.05) is 18.6 Å². The summed E-state index contributed by atoms with van der Waals surface area (Å²) in [5, 5.41) is 0. The first-order chi connectivity index (χ1) is 11.8. The highest BCUT2D eigenvalue weighted by molar-refractivity contribution is 7.91. The second-order valence-corrected chi connectivity index (χ2v) is 11.7. The summed E-state index contributed by atoms with van der Waals surface area (Å²) in [5.74, 6) is 0. The van der Waals surface area contributed by atoms with Crippen LogP contribution in [0.5, 0.6) is 0 Å². The number of nitrogens with one attached hydrogen (secondary N) is 1. The normalized spacial score (nSPS) is 14.1. The minimum atomic E-state index is -3.87. The maximum atomic E-state index is 12.4. The van der Waals surface area contributed by atoms with Crippen LogP contribution < -0.4 is 4.72 Å². The molecule has 10 heteroatoms. The van der Waals surface area contributed by atoms with E-state index in [2.05, 4.69) is 4.72 Å². The first-order valence-electron chi connectivity index (χ1n) is 7.43. The molecule has 2 aromatic rings. The zero-order valence-corrected chi connectivity index (χ0v) is 16.8. The van der Waals surface area contributed by atoms with E-state index < -0.39 is 35.7 Å². The van der Waals surface area contributed by atoms with Gasteiger partial charge in [-0.25, -0.2) is 30.0 Å². The molecule has 0 aliphatic heterocycles. The van der Waals surface area contributed by atoms with E-state index in [4.69, 9.17) is 0 Å². The Morgan fingerprint density at radius 2 is 1.00 bits per heavy atom. The molecule has 0 aliphatic carbocycles. The van der Waals surface area contributed by atoms with Gasteiger partial charge in [-0.05, 0) is 48.9 Å². The van der Waals surface area contributed by atoms with Crippen LogP contribution in [0, 0.1) is 0 Å². The highest BCUT2D eigenvalue weighted by Crippen LogP contribution is 2.20. The minimum absolute atomic E-state index is 0.0286. The Morgan fingerprint density at radius 1 is 0.654 bits per heavy atom. The largest absolute Gasteiger partial charge is 0.241 e. The van der Waals surface area contributed by atoms with E-state index in [0.29, 0.717) is 5.56 Å². The fourth-order valence-electron chi connectivity index (χ4n) is 2.24. The van der Waals surface area contributed by atoms with Gasteiger partial charge >= 0.3 is 0 Å². The Kier molecular flexibility index (Phi) is 5.62. The maximum absolute atomic E-state index is 12.4. The zero-order chi connectivity index (χ0) is 19.8. The molecule has 1 N–H and O–H groups in total. The highest BCUT2D eigenvalue weighted by Gasteiger charge is 2.19. The van der Waals surface area contributed by atoms with Crippen molar-refractivity contribution in [1.29, 1.82) is 0 Å². The van der Waals surface area contributed by atoms with Gasteiger partial charge in [-0.1, -0.05) is 12.1 Å². The molecule has 0 bridgehead atoms. The molecule has 0 saturated heterocycles. The monoisotopic (exact) mass is 417 g/mol. The molecule has 0 radical (unpaired) electrons. The number of benzene rings is 2. The van der Waals surface area contributed by atoms with Gasteiger partial charge < -0.3 is 0 Å². The Bertz CT molecular complexity index is 1100. The van der Waals surface area contributed by atoms with Crippen molar-refractivity contribution in [3.05, 3.63) is 54.1 Å². The molecule has 0 fully saturated rings. The van der Waals surface area contributed by atoms with Crippen molar-refractivity contribution < 1.29 is 25.3 Å². The van der Waals surface area contributed by atoms with Gasteiger partial charge in [0.15, 0.2) is 19.7 Å². The van der Waals surface area contributed by atoms with Crippen molar-refractivity contribution in [3.8, 4) is 0 Å². The second kappa shape index (κ2) is 7.10. The van der Waals surface area contributed by atoms with Crippen LogP contribution in [0.3, 0.4) is 0 Å². The third-order valence-electron chi connectivity index (χ3n) is 3.70. The number of sulfone groups is 2. The summed E-state index contributed by atoms with van der Waals surface area (Å²) >= 11 is 0. The van der Waals surface area contributed by atoms with Gasteiger partial charge in [0.2, 0.25) is 10.0 Å². The SMILES string of the molecule is C[C@H](NS(=O)(=O)c1ccc(S(C)(=O)=O)cc1)c1ccc(S(C)(=O)=O)cc1. The fourth-order valence-corrected chi connectivity index (χ4v) is 4.73. The van der Waals surface area contributed by atoms with Crippen molar-refractivity contribution >= 4 is 29.7 Å². The number of hydrogen-bond donors (Lipinski definition) is 1. The predicted molar refractivity (Wildman–Crippen MR) is 97.8 cm³/mol. The van der Waals surface area contributed by atoms with Crippen molar-refractivity contribution in [3.63, 3.8) is 0 Å². The van der Waals surface area contributed by atoms with Gasteiger partial charge in [-0.2, -0.15) is 0 Å². The van der Waals surface area contributed by atoms with Crippen molar-refractivity contribution in [2.24, 2.45) is 0 Å². The lowest BCUT2D eigenvalue weighted by Gasteiger charge is -2.15. The van der Waals surface area contributed by atoms with Crippen molar-refractivity contribution in [1.82, 2.24) is 4.72 Å². The summed E-state index contributed by atoms with van der Waals surface area (Å²) in [6.45, 7) is 1.62. The summed E-state index contributed by atoms with van der Waals surface area (Å²) in [5.41, 5.74) is 0.591. The molecular weight excluding hydrogens is 398 g/mol. The summed E-state index contributed by atoms with van der Waals surface area (Å²) < 4.78 is 73.2. The molecule has 7 nitrogen and oxygen atoms in total. The Hall–Kier alpha value is -1.75. The van der Waals surface area contributed by atoms with E-state index in [0.717, 1.165) is 12.5 Å². The zero-order valence-electron chi connectivity index (χ0n) is 14.4. The standard InChI is InChI=1S/C16H19NO6S3/c1-12(13-4-6-14(7-5-13)24(2,18)19)17-26(22,23)16-10-8-15(9-11-16)25(3,20)21/h4-12,17H,1-3H3/t12-/m0/s1. The van der Waals surface area contributed by atoms with Gasteiger partial charge in [0.1, 0.15) is 0 Å². The maximum Gasteiger partial charge on any atom is 0.241 e. The lowest BCUT2D eigenvalue weighted by molar-refractivity contribution is 0.566. The third-order valence-corrected chi connectivity index (χ3v) is 7.52. The van der Waals surface area contributed by atoms with Crippen LogP contribution in [0.1, 0.15) is 18.5 Å². The summed E-state index contributed by atoms with van der Waals surface area (Å²) in [6.07, 6.45) is 2.13. The van der Waals surface area contributed by atoms with Crippen LogP contribution in [0.15, 0.2) is 63.2 Å². The van der Waals surface area contributed by atoms with E-state index in [1.807, 2.05) is 0 Å². The van der Waals surface area contributed by atoms with Crippen LogP contribution in [0.4, 0.5) is 0 Å². The fraction of sp³-hybridized carbons (Fsp3) is 0.250. The van der Waals surface area contributed by atoms with Crippen molar-refractivity contribution in [2.45, 2.75) is 27.7 Å². The quantitative estimate of drug-likeness (QED) is 0.762. The molecule has 142 valence electrons. The third kappa shape index (κ3) is 4.91. The van der Waals surface area contributed by atoms with Crippen LogP contribution >= 0.6 is 0 Å². The Labute approximate surface area is 154 Å². The molecule has 0 heterocycles. The molecule has 0 aliphatic rings. The van der Waals surface area contributed by atoms with E-state index in [1.54, 1.807) is 6.92 Å². The lowest BCUT2D eigenvalue weighted by Crippen LogP contribution is -2.27. The summed E-state index contributed by atoms with van der Waals surface area (Å²) in [4.78, 5) is 0.109. The van der Waals surface area contributed by atoms with Gasteiger partial charge in [-0.3, -0.25) is 0 Å². The number of sulfonamides is 1. The predicted octanol–water partition coefficient (Wildman–Crippen LogP) is 1.53. The lowest BCUT2D eigenvalue weighted by atomic mass is 10.1. The molecule has 2 aromatic carbocycles. The van der Waals surface area contributed by atoms with Gasteiger partial charge in [0.05, 0.1) is 14.7 Å². The highest BCUT2D eigenvalue weighted by atomic mass is 32.2. The van der Waals surface area contributed by atoms with Crippen molar-refractivity contribution in [2.75, 3.05) is 12.5 Å². The average Bonchev–Trinajstić information content (AvgIpc) is 2.53. The molecule has 0 unspecified atom stereocenters. The summed E-state index contributed by atoms with van der Waals surface area (Å²) in [7, 11) is -10.6. The number of rotatable bonds is 6. The minimum Gasteiger partial charge on any atom is -0.224 e. The molecule has 0 saturated carbocycles. The molecule has 26 heavy (non-hydrogen) atoms. The average molecular weight is 418 g/mol. The molecule has 0 spiro atoms. The Balaban J connectivity index is 2.23. The van der Waals surface area contributed by atoms with E-state index in [1.165, 1.54) is 48.5 Å². The Morgan fingerprint density at radius 3 is 1.38 bits per heavy atom. The van der Waals surface area contributed by atoms with Gasteiger partial charge in [0.25, 0.3) is 0 Å². The molecule has 0 amide bonds. The van der Waals surface area contributed by atoms with Crippen LogP contribution in [-0.2, 0) is 29.7 Å². The van der Waals surface area contributed by atoms with E-state index in [-0.39, 0.29) is 14.7 Å². The topological polar surface area (TPSA) is 114 Å². The van der Waals surface area contributed by atoms with Crippen LogP contribution in [0.2, 0.25) is 0 Å². The second-order valence-electron chi connectivity index (χ2n) is 5.93. The van der Waals surface area contributed by atoms with E-state index in [9.17, 15) is 25.3 Å². The first-order valence-corrected chi connectivity index (χ1v) is 12.7. The van der Waals surface area contributed by atoms with Crippen LogP contribution in [0.25, 0.3) is 0 Å². The molecular formula is C16H19NO6S3. The van der Waals surface area contributed by atoms with E-state index >= 15 is 0 Å². The number of hydrogen-bond acceptors (Lipinski definition) is 6. The molecule has 1 atom stereocenters. The smallest absolute Gasteiger partial charge is 0.224 e. The van der Waals surface area contributed by atoms with Gasteiger partial charge in [-0.15, -0.1) is 0 Å². The first kappa shape index (κ1) is 20.6. The molecule has 0 aromatic heterocycles. The molecule has 2 rings (SSSR count).